The maximum absolute atomic E-state index is 13.2. The number of carbonyl (C=O) groups excluding carboxylic acids is 1. The summed E-state index contributed by atoms with van der Waals surface area (Å²) in [4.78, 5) is 24.3. The molecule has 1 saturated heterocycles. The number of hydrogen-bond acceptors (Lipinski definition) is 9. The number of aromatic nitrogens is 5. The molecule has 2 fully saturated rings. The molecule has 2 aliphatic rings. The SMILES string of the molecule is CC1(C)C(NC(=O)c2cnc(CCn3cc(CN4CCC(O)CC4)nn3)nc2)C(C)(C)C1Oc1ccc(C#N)c(Cl)c1. The van der Waals surface area contributed by atoms with Crippen LogP contribution in [0.3, 0.4) is 0 Å². The molecule has 1 aliphatic carbocycles. The molecule has 1 saturated carbocycles. The van der Waals surface area contributed by atoms with Crippen molar-refractivity contribution in [3.63, 3.8) is 0 Å². The molecule has 0 unspecified atom stereocenters. The molecule has 5 rings (SSSR count). The van der Waals surface area contributed by atoms with Gasteiger partial charge in [-0.1, -0.05) is 44.5 Å². The van der Waals surface area contributed by atoms with Crippen molar-refractivity contribution in [1.29, 1.82) is 5.26 Å². The molecule has 3 heterocycles. The van der Waals surface area contributed by atoms with Gasteiger partial charge >= 0.3 is 0 Å². The average Bonchev–Trinajstić information content (AvgIpc) is 3.42. The molecule has 3 aromatic rings. The van der Waals surface area contributed by atoms with Gasteiger partial charge in [0.05, 0.1) is 27.9 Å². The van der Waals surface area contributed by atoms with Crippen molar-refractivity contribution in [3.05, 3.63) is 64.5 Å². The number of ether oxygens (including phenoxy) is 1. The number of hydrogen-bond donors (Lipinski definition) is 2. The molecule has 0 bridgehead atoms. The van der Waals surface area contributed by atoms with Crippen molar-refractivity contribution >= 4 is 17.5 Å². The van der Waals surface area contributed by atoms with E-state index in [1.54, 1.807) is 35.3 Å². The molecule has 12 heteroatoms. The normalized spacial score (nSPS) is 21.7. The third kappa shape index (κ3) is 6.26. The summed E-state index contributed by atoms with van der Waals surface area (Å²) >= 11 is 6.19. The Kier molecular flexibility index (Phi) is 8.51. The average molecular weight is 593 g/mol. The minimum Gasteiger partial charge on any atom is -0.489 e. The van der Waals surface area contributed by atoms with E-state index >= 15 is 0 Å². The van der Waals surface area contributed by atoms with E-state index in [1.165, 1.54) is 0 Å². The summed E-state index contributed by atoms with van der Waals surface area (Å²) in [5.74, 6) is 0.968. The fraction of sp³-hybridized carbons (Fsp3) is 0.533. The van der Waals surface area contributed by atoms with Crippen LogP contribution in [0.5, 0.6) is 5.75 Å². The number of nitrogens with zero attached hydrogens (tertiary/aromatic N) is 7. The van der Waals surface area contributed by atoms with Gasteiger partial charge in [-0.05, 0) is 25.0 Å². The van der Waals surface area contributed by atoms with Crippen molar-refractivity contribution < 1.29 is 14.6 Å². The Morgan fingerprint density at radius 1 is 1.19 bits per heavy atom. The lowest BCUT2D eigenvalue weighted by Gasteiger charge is -2.63. The molecular formula is C30H37ClN8O3. The number of nitrogens with one attached hydrogen (secondary N) is 1. The Morgan fingerprint density at radius 3 is 2.52 bits per heavy atom. The fourth-order valence-electron chi connectivity index (χ4n) is 6.45. The highest BCUT2D eigenvalue weighted by Crippen LogP contribution is 2.55. The molecular weight excluding hydrogens is 556 g/mol. The summed E-state index contributed by atoms with van der Waals surface area (Å²) < 4.78 is 8.09. The maximum Gasteiger partial charge on any atom is 0.254 e. The monoisotopic (exact) mass is 592 g/mol. The van der Waals surface area contributed by atoms with E-state index in [1.807, 2.05) is 6.20 Å². The molecule has 11 nitrogen and oxygen atoms in total. The van der Waals surface area contributed by atoms with Gasteiger partial charge < -0.3 is 15.2 Å². The molecule has 0 radical (unpaired) electrons. The number of piperidine rings is 1. The van der Waals surface area contributed by atoms with Gasteiger partial charge in [0.15, 0.2) is 0 Å². The van der Waals surface area contributed by atoms with Gasteiger partial charge in [0.25, 0.3) is 5.91 Å². The van der Waals surface area contributed by atoms with Crippen molar-refractivity contribution in [2.45, 2.75) is 78.3 Å². The third-order valence-electron chi connectivity index (χ3n) is 8.49. The highest BCUT2D eigenvalue weighted by molar-refractivity contribution is 6.31. The smallest absolute Gasteiger partial charge is 0.254 e. The van der Waals surface area contributed by atoms with Crippen LogP contribution in [-0.2, 0) is 19.5 Å². The zero-order chi connectivity index (χ0) is 30.1. The van der Waals surface area contributed by atoms with E-state index in [9.17, 15) is 9.90 Å². The first-order valence-electron chi connectivity index (χ1n) is 14.2. The summed E-state index contributed by atoms with van der Waals surface area (Å²) in [6.07, 6.45) is 6.80. The van der Waals surface area contributed by atoms with Crippen LogP contribution in [-0.4, -0.2) is 72.2 Å². The number of likely N-dealkylation sites (tertiary alicyclic amines) is 1. The summed E-state index contributed by atoms with van der Waals surface area (Å²) in [5, 5.41) is 30.8. The van der Waals surface area contributed by atoms with Gasteiger partial charge in [-0.2, -0.15) is 5.26 Å². The fourth-order valence-corrected chi connectivity index (χ4v) is 6.67. The molecule has 1 aromatic carbocycles. The van der Waals surface area contributed by atoms with Gasteiger partial charge in [0.2, 0.25) is 0 Å². The van der Waals surface area contributed by atoms with E-state index in [2.05, 4.69) is 64.3 Å². The number of aryl methyl sites for hydroxylation is 2. The Balaban J connectivity index is 1.13. The van der Waals surface area contributed by atoms with Crippen molar-refractivity contribution in [2.75, 3.05) is 13.1 Å². The van der Waals surface area contributed by atoms with E-state index in [-0.39, 0.29) is 35.0 Å². The van der Waals surface area contributed by atoms with Crippen molar-refractivity contribution in [1.82, 2.24) is 35.2 Å². The zero-order valence-corrected chi connectivity index (χ0v) is 25.2. The third-order valence-corrected chi connectivity index (χ3v) is 8.80. The van der Waals surface area contributed by atoms with Gasteiger partial charge in [0, 0.05) is 74.1 Å². The predicted octanol–water partition coefficient (Wildman–Crippen LogP) is 3.40. The molecule has 0 atom stereocenters. The molecule has 1 amide bonds. The van der Waals surface area contributed by atoms with Crippen LogP contribution in [0.25, 0.3) is 0 Å². The summed E-state index contributed by atoms with van der Waals surface area (Å²) in [6, 6.07) is 6.93. The van der Waals surface area contributed by atoms with Gasteiger partial charge in [-0.15, -0.1) is 5.10 Å². The molecule has 1 aliphatic heterocycles. The first-order valence-corrected chi connectivity index (χ1v) is 14.6. The predicted molar refractivity (Wildman–Crippen MR) is 156 cm³/mol. The van der Waals surface area contributed by atoms with Crippen LogP contribution >= 0.6 is 11.6 Å². The standard InChI is InChI=1S/C30H37ClN8O3/c1-29(2)27(30(3,4)28(29)42-23-6-5-19(14-32)24(31)13-23)35-26(41)20-15-33-25(34-16-20)9-12-39-18-21(36-37-39)17-38-10-7-22(40)8-11-38/h5-6,13,15-16,18,22,27-28,40H,7-12,17H2,1-4H3,(H,35,41). The topological polar surface area (TPSA) is 142 Å². The van der Waals surface area contributed by atoms with E-state index in [0.29, 0.717) is 40.7 Å². The first-order chi connectivity index (χ1) is 20.0. The van der Waals surface area contributed by atoms with Crippen LogP contribution in [0.2, 0.25) is 5.02 Å². The maximum atomic E-state index is 13.2. The Labute approximate surface area is 250 Å². The molecule has 2 aromatic heterocycles. The Hall–Kier alpha value is -3.59. The summed E-state index contributed by atoms with van der Waals surface area (Å²) in [7, 11) is 0. The Morgan fingerprint density at radius 2 is 1.88 bits per heavy atom. The second-order valence-electron chi connectivity index (χ2n) is 12.4. The van der Waals surface area contributed by atoms with Crippen LogP contribution in [0.4, 0.5) is 0 Å². The second kappa shape index (κ2) is 12.0. The van der Waals surface area contributed by atoms with E-state index in [0.717, 1.165) is 38.2 Å². The van der Waals surface area contributed by atoms with E-state index in [4.69, 9.17) is 21.6 Å². The molecule has 222 valence electrons. The molecule has 42 heavy (non-hydrogen) atoms. The number of nitriles is 1. The summed E-state index contributed by atoms with van der Waals surface area (Å²) in [5.41, 5.74) is 0.948. The minimum absolute atomic E-state index is 0.160. The number of halogens is 1. The lowest BCUT2D eigenvalue weighted by Crippen LogP contribution is -2.74. The lowest BCUT2D eigenvalue weighted by atomic mass is 9.49. The molecule has 0 spiro atoms. The van der Waals surface area contributed by atoms with Gasteiger partial charge in [0.1, 0.15) is 23.7 Å². The number of benzene rings is 1. The van der Waals surface area contributed by atoms with Crippen LogP contribution in [0, 0.1) is 22.2 Å². The highest BCUT2D eigenvalue weighted by atomic mass is 35.5. The zero-order valence-electron chi connectivity index (χ0n) is 24.4. The van der Waals surface area contributed by atoms with Gasteiger partial charge in [-0.25, -0.2) is 9.97 Å². The summed E-state index contributed by atoms with van der Waals surface area (Å²) in [6.45, 7) is 11.3. The van der Waals surface area contributed by atoms with E-state index < -0.39 is 0 Å². The number of rotatable bonds is 9. The number of aliphatic hydroxyl groups excluding tert-OH is 1. The number of carbonyl (C=O) groups is 1. The number of aliphatic hydroxyl groups is 1. The molecule has 2 N–H and O–H groups in total. The second-order valence-corrected chi connectivity index (χ2v) is 12.8. The largest absolute Gasteiger partial charge is 0.489 e. The first kappa shape index (κ1) is 29.9. The van der Waals surface area contributed by atoms with Crippen molar-refractivity contribution in [2.24, 2.45) is 10.8 Å². The highest BCUT2D eigenvalue weighted by Gasteiger charge is 2.64. The number of amides is 1. The van der Waals surface area contributed by atoms with Crippen LogP contribution in [0.15, 0.2) is 36.8 Å². The van der Waals surface area contributed by atoms with Gasteiger partial charge in [-0.3, -0.25) is 14.4 Å². The quantitative estimate of drug-likeness (QED) is 0.382. The minimum atomic E-state index is -0.369. The lowest BCUT2D eigenvalue weighted by molar-refractivity contribution is -0.164. The van der Waals surface area contributed by atoms with Crippen molar-refractivity contribution in [3.8, 4) is 11.8 Å². The Bertz CT molecular complexity index is 1440. The van der Waals surface area contributed by atoms with Crippen LogP contribution in [0.1, 0.15) is 68.0 Å². The van der Waals surface area contributed by atoms with Crippen LogP contribution < -0.4 is 10.1 Å².